The molecule has 8 heteroatoms. The van der Waals surface area contributed by atoms with Crippen molar-refractivity contribution in [2.75, 3.05) is 39.4 Å². The van der Waals surface area contributed by atoms with Gasteiger partial charge in [0, 0.05) is 55.9 Å². The van der Waals surface area contributed by atoms with Gasteiger partial charge in [-0.25, -0.2) is 9.37 Å². The maximum atomic E-state index is 14.1. The van der Waals surface area contributed by atoms with Crippen molar-refractivity contribution in [3.8, 4) is 0 Å². The predicted molar refractivity (Wildman–Crippen MR) is 101 cm³/mol. The van der Waals surface area contributed by atoms with Gasteiger partial charge in [-0.05, 0) is 18.2 Å². The number of ether oxygens (including phenoxy) is 1. The van der Waals surface area contributed by atoms with E-state index >= 15 is 0 Å². The summed E-state index contributed by atoms with van der Waals surface area (Å²) in [6.45, 7) is 3.40. The molecule has 2 N–H and O–H groups in total. The molecule has 0 spiro atoms. The molecule has 1 saturated heterocycles. The number of nitrogens with zero attached hydrogens (tertiary/aromatic N) is 3. The maximum Gasteiger partial charge on any atom is 0.130 e. The highest BCUT2D eigenvalue weighted by molar-refractivity contribution is 6.29. The van der Waals surface area contributed by atoms with E-state index in [1.807, 2.05) is 6.07 Å². The Kier molecular flexibility index (Phi) is 6.49. The lowest BCUT2D eigenvalue weighted by atomic mass is 10.1. The molecule has 2 aromatic rings. The summed E-state index contributed by atoms with van der Waals surface area (Å²) in [5.74, 6) is 0. The third-order valence-corrected chi connectivity index (χ3v) is 4.36. The van der Waals surface area contributed by atoms with Gasteiger partial charge in [0.25, 0.3) is 0 Å². The summed E-state index contributed by atoms with van der Waals surface area (Å²) < 4.78 is 19.4. The van der Waals surface area contributed by atoms with Crippen LogP contribution in [0.3, 0.4) is 0 Å². The molecule has 0 aromatic carbocycles. The van der Waals surface area contributed by atoms with Crippen LogP contribution in [0.5, 0.6) is 0 Å². The van der Waals surface area contributed by atoms with Gasteiger partial charge in [-0.2, -0.15) is 0 Å². The van der Waals surface area contributed by atoms with Crippen LogP contribution >= 0.6 is 11.6 Å². The minimum atomic E-state index is -0.994. The van der Waals surface area contributed by atoms with E-state index in [1.165, 1.54) is 6.21 Å². The number of hydrogen-bond acceptors (Lipinski definition) is 6. The zero-order chi connectivity index (χ0) is 18.4. The molecule has 0 aliphatic carbocycles. The fourth-order valence-electron chi connectivity index (χ4n) is 2.77. The largest absolute Gasteiger partial charge is 0.387 e. The van der Waals surface area contributed by atoms with Crippen LogP contribution in [-0.2, 0) is 4.74 Å². The second-order valence-corrected chi connectivity index (χ2v) is 6.45. The Balaban J connectivity index is 1.61. The van der Waals surface area contributed by atoms with Crippen LogP contribution in [0.15, 0.2) is 30.6 Å². The minimum absolute atomic E-state index is 0.180. The van der Waals surface area contributed by atoms with E-state index in [0.717, 1.165) is 24.2 Å². The number of fused-ring (bicyclic) bond motifs is 1. The number of halogens is 2. The van der Waals surface area contributed by atoms with Crippen molar-refractivity contribution in [2.45, 2.75) is 6.17 Å². The first-order valence-electron chi connectivity index (χ1n) is 8.46. The number of pyridine rings is 2. The summed E-state index contributed by atoms with van der Waals surface area (Å²) in [6.07, 6.45) is 3.51. The Labute approximate surface area is 156 Å². The topological polar surface area (TPSA) is 74.1 Å². The van der Waals surface area contributed by atoms with E-state index in [9.17, 15) is 4.39 Å². The highest BCUT2D eigenvalue weighted by atomic mass is 35.5. The SMILES string of the molecule is N=C/C(=C\NCC(F)CN1CCOCC1)c1cnc2ccc(Cl)nc2c1. The van der Waals surface area contributed by atoms with Crippen molar-refractivity contribution in [2.24, 2.45) is 0 Å². The molecule has 0 radical (unpaired) electrons. The van der Waals surface area contributed by atoms with E-state index < -0.39 is 6.17 Å². The van der Waals surface area contributed by atoms with Crippen molar-refractivity contribution >= 4 is 34.4 Å². The number of hydrogen-bond donors (Lipinski definition) is 2. The Morgan fingerprint density at radius 3 is 2.96 bits per heavy atom. The molecule has 26 heavy (non-hydrogen) atoms. The molecule has 1 unspecified atom stereocenters. The number of rotatable bonds is 7. The highest BCUT2D eigenvalue weighted by Gasteiger charge is 2.15. The molecule has 0 bridgehead atoms. The van der Waals surface area contributed by atoms with Crippen LogP contribution in [0.1, 0.15) is 5.56 Å². The first kappa shape index (κ1) is 18.7. The lowest BCUT2D eigenvalue weighted by Crippen LogP contribution is -2.41. The van der Waals surface area contributed by atoms with Crippen LogP contribution < -0.4 is 5.32 Å². The summed E-state index contributed by atoms with van der Waals surface area (Å²) in [4.78, 5) is 10.6. The molecule has 3 heterocycles. The van der Waals surface area contributed by atoms with Crippen LogP contribution in [0, 0.1) is 5.41 Å². The van der Waals surface area contributed by atoms with Gasteiger partial charge in [0.1, 0.15) is 11.3 Å². The summed E-state index contributed by atoms with van der Waals surface area (Å²) in [6, 6.07) is 5.29. The minimum Gasteiger partial charge on any atom is -0.387 e. The lowest BCUT2D eigenvalue weighted by Gasteiger charge is -2.27. The molecule has 138 valence electrons. The molecular weight excluding hydrogens is 357 g/mol. The summed E-state index contributed by atoms with van der Waals surface area (Å²) >= 11 is 5.92. The fourth-order valence-corrected chi connectivity index (χ4v) is 2.93. The first-order valence-corrected chi connectivity index (χ1v) is 8.84. The molecule has 1 aliphatic rings. The molecule has 6 nitrogen and oxygen atoms in total. The van der Waals surface area contributed by atoms with Gasteiger partial charge in [-0.3, -0.25) is 9.88 Å². The van der Waals surface area contributed by atoms with E-state index in [1.54, 1.807) is 24.5 Å². The molecule has 1 atom stereocenters. The fraction of sp³-hybridized carbons (Fsp3) is 0.389. The van der Waals surface area contributed by atoms with Crippen LogP contribution in [0.4, 0.5) is 4.39 Å². The second-order valence-electron chi connectivity index (χ2n) is 6.06. The Morgan fingerprint density at radius 1 is 1.38 bits per heavy atom. The third-order valence-electron chi connectivity index (χ3n) is 4.15. The van der Waals surface area contributed by atoms with Gasteiger partial charge >= 0.3 is 0 Å². The van der Waals surface area contributed by atoms with Gasteiger partial charge < -0.3 is 15.5 Å². The standard InChI is InChI=1S/C18H21ClFN5O/c19-18-2-1-16-17(24-18)7-13(10-23-16)14(8-21)9-22-11-15(20)12-25-3-5-26-6-4-25/h1-2,7-10,15,21-22H,3-6,11-12H2/b14-9+,21-8?. The molecule has 1 aliphatic heterocycles. The molecule has 0 amide bonds. The van der Waals surface area contributed by atoms with Crippen LogP contribution in [-0.4, -0.2) is 66.6 Å². The molecule has 2 aromatic heterocycles. The normalized spacial score (nSPS) is 17.2. The Bertz CT molecular complexity index is 794. The Morgan fingerprint density at radius 2 is 2.19 bits per heavy atom. The van der Waals surface area contributed by atoms with E-state index in [2.05, 4.69) is 20.2 Å². The van der Waals surface area contributed by atoms with Crippen molar-refractivity contribution in [3.63, 3.8) is 0 Å². The van der Waals surface area contributed by atoms with Gasteiger partial charge in [-0.15, -0.1) is 0 Å². The third kappa shape index (κ3) is 4.97. The number of alkyl halides is 1. The van der Waals surface area contributed by atoms with E-state index in [0.29, 0.717) is 36.0 Å². The quantitative estimate of drug-likeness (QED) is 0.573. The Hall–Kier alpha value is -2.09. The molecule has 0 saturated carbocycles. The van der Waals surface area contributed by atoms with E-state index in [-0.39, 0.29) is 6.54 Å². The maximum absolute atomic E-state index is 14.1. The van der Waals surface area contributed by atoms with Gasteiger partial charge in [0.15, 0.2) is 0 Å². The van der Waals surface area contributed by atoms with E-state index in [4.69, 9.17) is 21.7 Å². The van der Waals surface area contributed by atoms with Crippen molar-refractivity contribution in [3.05, 3.63) is 41.3 Å². The number of allylic oxidation sites excluding steroid dienone is 1. The van der Waals surface area contributed by atoms with Crippen LogP contribution in [0.2, 0.25) is 5.15 Å². The summed E-state index contributed by atoms with van der Waals surface area (Å²) in [5, 5.41) is 11.0. The zero-order valence-corrected chi connectivity index (χ0v) is 15.0. The molecule has 1 fully saturated rings. The van der Waals surface area contributed by atoms with Gasteiger partial charge in [0.05, 0.1) is 24.2 Å². The zero-order valence-electron chi connectivity index (χ0n) is 14.3. The molecular formula is C18H21ClFN5O. The van der Waals surface area contributed by atoms with Crippen molar-refractivity contribution in [1.29, 1.82) is 5.41 Å². The summed E-state index contributed by atoms with van der Waals surface area (Å²) in [5.41, 5.74) is 2.70. The number of aromatic nitrogens is 2. The first-order chi connectivity index (χ1) is 12.7. The lowest BCUT2D eigenvalue weighted by molar-refractivity contribution is 0.0274. The van der Waals surface area contributed by atoms with Crippen molar-refractivity contribution < 1.29 is 9.13 Å². The smallest absolute Gasteiger partial charge is 0.130 e. The van der Waals surface area contributed by atoms with Gasteiger partial charge in [-0.1, -0.05) is 11.6 Å². The van der Waals surface area contributed by atoms with Gasteiger partial charge in [0.2, 0.25) is 0 Å². The monoisotopic (exact) mass is 377 g/mol. The predicted octanol–water partition coefficient (Wildman–Crippen LogP) is 2.53. The van der Waals surface area contributed by atoms with Crippen molar-refractivity contribution in [1.82, 2.24) is 20.2 Å². The average molecular weight is 378 g/mol. The highest BCUT2D eigenvalue weighted by Crippen LogP contribution is 2.18. The van der Waals surface area contributed by atoms with Crippen LogP contribution in [0.25, 0.3) is 16.6 Å². The average Bonchev–Trinajstić information content (AvgIpc) is 2.65. The summed E-state index contributed by atoms with van der Waals surface area (Å²) in [7, 11) is 0. The molecule has 3 rings (SSSR count). The second kappa shape index (κ2) is 9.02. The number of morpholine rings is 1. The number of nitrogens with one attached hydrogen (secondary N) is 2.